The molecule has 1 aliphatic rings. The molecule has 0 spiro atoms. The number of carbonyl (C=O) groups is 2. The lowest BCUT2D eigenvalue weighted by Crippen LogP contribution is -2.29. The van der Waals surface area contributed by atoms with Gasteiger partial charge in [-0.15, -0.1) is 0 Å². The Bertz CT molecular complexity index is 347. The van der Waals surface area contributed by atoms with Crippen LogP contribution in [0.2, 0.25) is 0 Å². The lowest BCUT2D eigenvalue weighted by molar-refractivity contribution is -0.113. The van der Waals surface area contributed by atoms with Crippen molar-refractivity contribution < 1.29 is 14.3 Å². The van der Waals surface area contributed by atoms with Crippen LogP contribution in [0.15, 0.2) is 24.3 Å². The molecule has 4 heteroatoms. The molecule has 1 rings (SSSR count). The Hall–Kier alpha value is -1.58. The fourth-order valence-corrected chi connectivity index (χ4v) is 1.78. The molecule has 17 heavy (non-hydrogen) atoms. The predicted octanol–water partition coefficient (Wildman–Crippen LogP) is 2.17. The summed E-state index contributed by atoms with van der Waals surface area (Å²) >= 11 is 0. The topological polar surface area (TPSA) is 46.6 Å². The van der Waals surface area contributed by atoms with Crippen LogP contribution < -0.4 is 0 Å². The summed E-state index contributed by atoms with van der Waals surface area (Å²) in [5.74, 6) is 0.341. The van der Waals surface area contributed by atoms with E-state index in [0.29, 0.717) is 13.1 Å². The van der Waals surface area contributed by atoms with Gasteiger partial charge in [-0.3, -0.25) is 4.79 Å². The van der Waals surface area contributed by atoms with E-state index < -0.39 is 0 Å². The van der Waals surface area contributed by atoms with E-state index in [0.717, 1.165) is 12.0 Å². The highest BCUT2D eigenvalue weighted by molar-refractivity contribution is 5.92. The third-order valence-electron chi connectivity index (χ3n) is 2.85. The molecule has 94 valence electrons. The van der Waals surface area contributed by atoms with Crippen LogP contribution in [-0.4, -0.2) is 36.5 Å². The highest BCUT2D eigenvalue weighted by atomic mass is 16.6. The molecule has 0 saturated carbocycles. The minimum absolute atomic E-state index is 0.0812. The van der Waals surface area contributed by atoms with E-state index in [4.69, 9.17) is 4.74 Å². The van der Waals surface area contributed by atoms with Crippen LogP contribution in [0, 0.1) is 5.92 Å². The summed E-state index contributed by atoms with van der Waals surface area (Å²) in [6.45, 7) is 8.40. The van der Waals surface area contributed by atoms with Gasteiger partial charge in [0, 0.05) is 13.1 Å². The maximum atomic E-state index is 11.5. The summed E-state index contributed by atoms with van der Waals surface area (Å²) in [4.78, 5) is 24.3. The molecule has 1 unspecified atom stereocenters. The maximum absolute atomic E-state index is 11.5. The predicted molar refractivity (Wildman–Crippen MR) is 65.7 cm³/mol. The van der Waals surface area contributed by atoms with E-state index in [1.54, 1.807) is 24.8 Å². The molecule has 1 aliphatic heterocycles. The van der Waals surface area contributed by atoms with Gasteiger partial charge in [0.25, 0.3) is 0 Å². The number of Topliss-reactive ketones (excluding diaryl/α,β-unsaturated/α-hetero) is 1. The van der Waals surface area contributed by atoms with Crippen LogP contribution in [0.4, 0.5) is 4.79 Å². The second-order valence-corrected chi connectivity index (χ2v) is 4.27. The molecule has 1 fully saturated rings. The average Bonchev–Trinajstić information content (AvgIpc) is 2.74. The van der Waals surface area contributed by atoms with E-state index in [2.05, 4.69) is 6.58 Å². The van der Waals surface area contributed by atoms with E-state index >= 15 is 0 Å². The third kappa shape index (κ3) is 4.06. The van der Waals surface area contributed by atoms with Crippen molar-refractivity contribution in [1.82, 2.24) is 4.90 Å². The number of likely N-dealkylation sites (tertiary alicyclic amines) is 1. The molecular weight excluding hydrogens is 218 g/mol. The van der Waals surface area contributed by atoms with Gasteiger partial charge in [0.15, 0.2) is 5.78 Å². The largest absolute Gasteiger partial charge is 0.445 e. The van der Waals surface area contributed by atoms with Gasteiger partial charge in [0.1, 0.15) is 6.61 Å². The standard InChI is InChI=1S/C13H19NO3/c1-4-7-17-13(16)14-6-5-12(9-14)8-10(2)11(3)15/h4,8,12H,1,5-7,9H2,2-3H3. The molecular formula is C13H19NO3. The molecule has 0 aliphatic carbocycles. The van der Waals surface area contributed by atoms with Gasteiger partial charge in [0.2, 0.25) is 0 Å². The maximum Gasteiger partial charge on any atom is 0.410 e. The van der Waals surface area contributed by atoms with Crippen molar-refractivity contribution in [2.45, 2.75) is 20.3 Å². The Labute approximate surface area is 102 Å². The molecule has 1 saturated heterocycles. The number of ether oxygens (including phenoxy) is 1. The fraction of sp³-hybridized carbons (Fsp3) is 0.538. The van der Waals surface area contributed by atoms with Crippen molar-refractivity contribution in [3.05, 3.63) is 24.3 Å². The lowest BCUT2D eigenvalue weighted by atomic mass is 10.0. The SMILES string of the molecule is C=CCOC(=O)N1CCC(C=C(C)C(C)=O)C1. The number of ketones is 1. The Morgan fingerprint density at radius 1 is 1.47 bits per heavy atom. The van der Waals surface area contributed by atoms with Crippen LogP contribution in [0.1, 0.15) is 20.3 Å². The first-order valence-corrected chi connectivity index (χ1v) is 5.76. The van der Waals surface area contributed by atoms with Gasteiger partial charge in [-0.25, -0.2) is 4.79 Å². The Balaban J connectivity index is 2.47. The van der Waals surface area contributed by atoms with E-state index in [9.17, 15) is 9.59 Å². The van der Waals surface area contributed by atoms with Crippen molar-refractivity contribution in [3.8, 4) is 0 Å². The van der Waals surface area contributed by atoms with Crippen LogP contribution in [0.3, 0.4) is 0 Å². The van der Waals surface area contributed by atoms with E-state index in [1.165, 1.54) is 0 Å². The number of hydrogen-bond acceptors (Lipinski definition) is 3. The van der Waals surface area contributed by atoms with Gasteiger partial charge in [-0.2, -0.15) is 0 Å². The fourth-order valence-electron chi connectivity index (χ4n) is 1.78. The molecule has 0 aromatic heterocycles. The number of nitrogens with zero attached hydrogens (tertiary/aromatic N) is 1. The molecule has 0 bridgehead atoms. The number of rotatable bonds is 4. The Morgan fingerprint density at radius 2 is 2.18 bits per heavy atom. The molecule has 1 atom stereocenters. The van der Waals surface area contributed by atoms with Gasteiger partial charge in [-0.05, 0) is 31.8 Å². The quantitative estimate of drug-likeness (QED) is 0.556. The highest BCUT2D eigenvalue weighted by Crippen LogP contribution is 2.19. The zero-order valence-electron chi connectivity index (χ0n) is 10.4. The zero-order valence-corrected chi connectivity index (χ0v) is 10.4. The first-order chi connectivity index (χ1) is 8.04. The van der Waals surface area contributed by atoms with Gasteiger partial charge in [-0.1, -0.05) is 18.7 Å². The first-order valence-electron chi connectivity index (χ1n) is 5.76. The van der Waals surface area contributed by atoms with Crippen molar-refractivity contribution in [3.63, 3.8) is 0 Å². The van der Waals surface area contributed by atoms with Crippen molar-refractivity contribution in [1.29, 1.82) is 0 Å². The van der Waals surface area contributed by atoms with Crippen LogP contribution in [-0.2, 0) is 9.53 Å². The normalized spacial score (nSPS) is 20.2. The van der Waals surface area contributed by atoms with E-state index in [-0.39, 0.29) is 24.4 Å². The summed E-state index contributed by atoms with van der Waals surface area (Å²) in [5.41, 5.74) is 0.760. The third-order valence-corrected chi connectivity index (χ3v) is 2.85. The summed E-state index contributed by atoms with van der Waals surface area (Å²) in [6, 6.07) is 0. The summed E-state index contributed by atoms with van der Waals surface area (Å²) < 4.78 is 4.96. The monoisotopic (exact) mass is 237 g/mol. The summed E-state index contributed by atoms with van der Waals surface area (Å²) in [6.07, 6.45) is 4.07. The van der Waals surface area contributed by atoms with E-state index in [1.807, 2.05) is 6.08 Å². The van der Waals surface area contributed by atoms with Crippen LogP contribution in [0.5, 0.6) is 0 Å². The second-order valence-electron chi connectivity index (χ2n) is 4.27. The molecule has 0 N–H and O–H groups in total. The Kier molecular flexibility index (Phi) is 4.94. The number of hydrogen-bond donors (Lipinski definition) is 0. The van der Waals surface area contributed by atoms with Crippen LogP contribution >= 0.6 is 0 Å². The Morgan fingerprint density at radius 3 is 2.76 bits per heavy atom. The minimum atomic E-state index is -0.304. The minimum Gasteiger partial charge on any atom is -0.445 e. The molecule has 0 radical (unpaired) electrons. The van der Waals surface area contributed by atoms with Gasteiger partial charge >= 0.3 is 6.09 Å². The number of amides is 1. The summed E-state index contributed by atoms with van der Waals surface area (Å²) in [5, 5.41) is 0. The molecule has 1 heterocycles. The number of allylic oxidation sites excluding steroid dienone is 1. The molecule has 4 nitrogen and oxygen atoms in total. The summed E-state index contributed by atoms with van der Waals surface area (Å²) in [7, 11) is 0. The van der Waals surface area contributed by atoms with Crippen molar-refractivity contribution >= 4 is 11.9 Å². The first kappa shape index (κ1) is 13.5. The molecule has 0 aromatic rings. The van der Waals surface area contributed by atoms with Crippen molar-refractivity contribution in [2.75, 3.05) is 19.7 Å². The number of carbonyl (C=O) groups excluding carboxylic acids is 2. The smallest absolute Gasteiger partial charge is 0.410 e. The highest BCUT2D eigenvalue weighted by Gasteiger charge is 2.25. The average molecular weight is 237 g/mol. The lowest BCUT2D eigenvalue weighted by Gasteiger charge is -2.14. The van der Waals surface area contributed by atoms with Gasteiger partial charge in [0.05, 0.1) is 0 Å². The molecule has 1 amide bonds. The van der Waals surface area contributed by atoms with Gasteiger partial charge < -0.3 is 9.64 Å². The van der Waals surface area contributed by atoms with Crippen LogP contribution in [0.25, 0.3) is 0 Å². The molecule has 0 aromatic carbocycles. The zero-order chi connectivity index (χ0) is 12.8. The van der Waals surface area contributed by atoms with Crippen molar-refractivity contribution in [2.24, 2.45) is 5.92 Å². The second kappa shape index (κ2) is 6.23.